The summed E-state index contributed by atoms with van der Waals surface area (Å²) in [5.41, 5.74) is -0.588. The Kier molecular flexibility index (Phi) is 6.57. The molecule has 0 saturated heterocycles. The van der Waals surface area contributed by atoms with Gasteiger partial charge in [0.15, 0.2) is 9.93 Å². The summed E-state index contributed by atoms with van der Waals surface area (Å²) in [6.07, 6.45) is -3.04. The third-order valence-electron chi connectivity index (χ3n) is 3.71. The van der Waals surface area contributed by atoms with Crippen molar-refractivity contribution < 1.29 is 21.6 Å². The first-order chi connectivity index (χ1) is 14.1. The van der Waals surface area contributed by atoms with Crippen LogP contribution >= 0.6 is 34.7 Å². The predicted molar refractivity (Wildman–Crippen MR) is 110 cm³/mol. The van der Waals surface area contributed by atoms with Gasteiger partial charge < -0.3 is 0 Å². The second-order valence-electron chi connectivity index (χ2n) is 5.73. The highest BCUT2D eigenvalue weighted by Crippen LogP contribution is 2.37. The van der Waals surface area contributed by atoms with E-state index in [9.17, 15) is 26.9 Å². The van der Waals surface area contributed by atoms with Crippen LogP contribution in [0.3, 0.4) is 0 Å². The highest BCUT2D eigenvalue weighted by Gasteiger charge is 2.32. The van der Waals surface area contributed by atoms with Gasteiger partial charge in [-0.1, -0.05) is 23.4 Å². The third-order valence-corrected chi connectivity index (χ3v) is 7.73. The molecule has 0 spiro atoms. The van der Waals surface area contributed by atoms with E-state index in [1.54, 1.807) is 41.8 Å². The van der Waals surface area contributed by atoms with Gasteiger partial charge in [0, 0.05) is 21.7 Å². The Morgan fingerprint density at radius 1 is 1.17 bits per heavy atom. The second-order valence-corrected chi connectivity index (χ2v) is 10.3. The Labute approximate surface area is 183 Å². The maximum Gasteiger partial charge on any atom is 0.417 e. The number of aromatic nitrogens is 1. The fourth-order valence-corrected chi connectivity index (χ4v) is 5.41. The molecule has 30 heavy (non-hydrogen) atoms. The van der Waals surface area contributed by atoms with Crippen LogP contribution in [0.2, 0.25) is 5.02 Å². The molecule has 2 aromatic heterocycles. The van der Waals surface area contributed by atoms with Crippen molar-refractivity contribution in [3.63, 3.8) is 0 Å². The Morgan fingerprint density at radius 3 is 2.43 bits per heavy atom. The molecule has 0 saturated carbocycles. The minimum absolute atomic E-state index is 0.425. The number of halogens is 4. The minimum Gasteiger partial charge on any atom is -0.244 e. The summed E-state index contributed by atoms with van der Waals surface area (Å²) < 4.78 is 64.2. The van der Waals surface area contributed by atoms with Gasteiger partial charge in [0.2, 0.25) is 9.84 Å². The molecule has 0 aliphatic heterocycles. The van der Waals surface area contributed by atoms with E-state index in [0.29, 0.717) is 22.8 Å². The quantitative estimate of drug-likeness (QED) is 0.395. The van der Waals surface area contributed by atoms with Gasteiger partial charge in [0.25, 0.3) is 0 Å². The lowest BCUT2D eigenvalue weighted by molar-refractivity contribution is -0.137. The number of nitriles is 1. The molecule has 0 atom stereocenters. The molecule has 0 aliphatic rings. The first-order valence-electron chi connectivity index (χ1n) is 8.02. The van der Waals surface area contributed by atoms with E-state index in [2.05, 4.69) is 4.98 Å². The molecule has 0 bridgehead atoms. The standard InChI is InChI=1S/C19H10ClF3N2O2S3/c20-14-2-4-15(5-3-14)29-18-12(7-8-28-18)9-16(10-24)30(26,27)17-6-1-13(11-25-17)19(21,22)23/h1-9,11H/b16-9-. The number of sulfone groups is 1. The van der Waals surface area contributed by atoms with Crippen molar-refractivity contribution in [2.45, 2.75) is 20.3 Å². The van der Waals surface area contributed by atoms with E-state index in [-0.39, 0.29) is 0 Å². The highest BCUT2D eigenvalue weighted by atomic mass is 35.5. The molecule has 0 N–H and O–H groups in total. The van der Waals surface area contributed by atoms with Gasteiger partial charge in [0.1, 0.15) is 6.07 Å². The lowest BCUT2D eigenvalue weighted by Crippen LogP contribution is -2.09. The van der Waals surface area contributed by atoms with E-state index in [1.807, 2.05) is 0 Å². The van der Waals surface area contributed by atoms with Gasteiger partial charge in [-0.25, -0.2) is 13.4 Å². The molecule has 4 nitrogen and oxygen atoms in total. The van der Waals surface area contributed by atoms with Gasteiger partial charge >= 0.3 is 6.18 Å². The fourth-order valence-electron chi connectivity index (χ4n) is 2.24. The number of pyridine rings is 1. The normalized spacial score (nSPS) is 12.6. The van der Waals surface area contributed by atoms with Gasteiger partial charge in [0.05, 0.1) is 9.77 Å². The number of hydrogen-bond donors (Lipinski definition) is 0. The van der Waals surface area contributed by atoms with Crippen LogP contribution in [0.15, 0.2) is 73.1 Å². The summed E-state index contributed by atoms with van der Waals surface area (Å²) in [4.78, 5) is 3.64. The molecule has 154 valence electrons. The summed E-state index contributed by atoms with van der Waals surface area (Å²) in [5.74, 6) is 0. The second kappa shape index (κ2) is 8.81. The smallest absolute Gasteiger partial charge is 0.244 e. The molecule has 0 amide bonds. The van der Waals surface area contributed by atoms with Gasteiger partial charge in [-0.15, -0.1) is 11.3 Å². The number of rotatable bonds is 5. The summed E-state index contributed by atoms with van der Waals surface area (Å²) >= 11 is 8.58. The van der Waals surface area contributed by atoms with Crippen LogP contribution in [-0.2, 0) is 16.0 Å². The Morgan fingerprint density at radius 2 is 1.87 bits per heavy atom. The molecule has 3 rings (SSSR count). The van der Waals surface area contributed by atoms with Gasteiger partial charge in [-0.05, 0) is 53.9 Å². The Balaban J connectivity index is 1.93. The average Bonchev–Trinajstić information content (AvgIpc) is 3.13. The summed E-state index contributed by atoms with van der Waals surface area (Å²) in [6, 6.07) is 11.6. The molecule has 0 radical (unpaired) electrons. The lowest BCUT2D eigenvalue weighted by atomic mass is 10.3. The zero-order valence-electron chi connectivity index (χ0n) is 14.7. The average molecular weight is 487 g/mol. The van der Waals surface area contributed by atoms with Crippen molar-refractivity contribution in [2.24, 2.45) is 0 Å². The fraction of sp³-hybridized carbons (Fsp3) is 0.0526. The molecular formula is C19H10ClF3N2O2S3. The molecule has 3 aromatic rings. The monoisotopic (exact) mass is 486 g/mol. The zero-order valence-corrected chi connectivity index (χ0v) is 17.9. The van der Waals surface area contributed by atoms with Crippen molar-refractivity contribution in [1.82, 2.24) is 4.98 Å². The van der Waals surface area contributed by atoms with Crippen LogP contribution in [0.4, 0.5) is 13.2 Å². The summed E-state index contributed by atoms with van der Waals surface area (Å²) in [5, 5.41) is 11.1. The van der Waals surface area contributed by atoms with Crippen molar-refractivity contribution >= 4 is 50.6 Å². The number of alkyl halides is 3. The molecule has 0 unspecified atom stereocenters. The molecule has 1 aromatic carbocycles. The van der Waals surface area contributed by atoms with E-state index < -0.39 is 31.5 Å². The predicted octanol–water partition coefficient (Wildman–Crippen LogP) is 6.30. The van der Waals surface area contributed by atoms with Crippen LogP contribution in [0.5, 0.6) is 0 Å². The number of allylic oxidation sites excluding steroid dienone is 1. The largest absolute Gasteiger partial charge is 0.417 e. The van der Waals surface area contributed by atoms with E-state index in [4.69, 9.17) is 11.6 Å². The lowest BCUT2D eigenvalue weighted by Gasteiger charge is -2.07. The van der Waals surface area contributed by atoms with Crippen molar-refractivity contribution in [3.8, 4) is 6.07 Å². The summed E-state index contributed by atoms with van der Waals surface area (Å²) in [7, 11) is -4.39. The Bertz CT molecular complexity index is 1230. The molecule has 0 fully saturated rings. The number of hydrogen-bond acceptors (Lipinski definition) is 6. The van der Waals surface area contributed by atoms with E-state index in [1.165, 1.54) is 29.2 Å². The van der Waals surface area contributed by atoms with Gasteiger partial charge in [-0.3, -0.25) is 0 Å². The Hall–Kier alpha value is -2.32. The number of benzene rings is 1. The van der Waals surface area contributed by atoms with Crippen LogP contribution in [0.1, 0.15) is 11.1 Å². The number of thiophene rings is 1. The zero-order chi connectivity index (χ0) is 21.9. The van der Waals surface area contributed by atoms with Crippen LogP contribution in [-0.4, -0.2) is 13.4 Å². The molecule has 0 aliphatic carbocycles. The first-order valence-corrected chi connectivity index (χ1v) is 11.6. The van der Waals surface area contributed by atoms with E-state index in [0.717, 1.165) is 15.2 Å². The summed E-state index contributed by atoms with van der Waals surface area (Å²) in [6.45, 7) is 0. The highest BCUT2D eigenvalue weighted by molar-refractivity contribution is 8.01. The molecular weight excluding hydrogens is 477 g/mol. The minimum atomic E-state index is -4.65. The van der Waals surface area contributed by atoms with Crippen LogP contribution in [0, 0.1) is 11.3 Å². The van der Waals surface area contributed by atoms with Crippen molar-refractivity contribution in [1.29, 1.82) is 5.26 Å². The molecule has 11 heteroatoms. The number of nitrogens with zero attached hydrogens (tertiary/aromatic N) is 2. The first kappa shape index (κ1) is 22.4. The van der Waals surface area contributed by atoms with Crippen LogP contribution < -0.4 is 0 Å². The third kappa shape index (κ3) is 5.05. The SMILES string of the molecule is N#C/C(=C/c1ccsc1Sc1ccc(Cl)cc1)S(=O)(=O)c1ccc(C(F)(F)F)cn1. The topological polar surface area (TPSA) is 70.8 Å². The van der Waals surface area contributed by atoms with Crippen LogP contribution in [0.25, 0.3) is 6.08 Å². The van der Waals surface area contributed by atoms with Gasteiger partial charge in [-0.2, -0.15) is 18.4 Å². The maximum atomic E-state index is 12.7. The molecule has 2 heterocycles. The van der Waals surface area contributed by atoms with Crippen molar-refractivity contribution in [3.05, 3.63) is 75.1 Å². The maximum absolute atomic E-state index is 12.7. The van der Waals surface area contributed by atoms with Crippen molar-refractivity contribution in [2.75, 3.05) is 0 Å². The van der Waals surface area contributed by atoms with E-state index >= 15 is 0 Å².